The van der Waals surface area contributed by atoms with Crippen LogP contribution >= 0.6 is 0 Å². The number of carbonyl (C=O) groups is 1. The summed E-state index contributed by atoms with van der Waals surface area (Å²) in [6.07, 6.45) is 5.09. The molecule has 0 amide bonds. The van der Waals surface area contributed by atoms with E-state index in [-0.39, 0.29) is 5.78 Å². The van der Waals surface area contributed by atoms with Gasteiger partial charge in [0.05, 0.1) is 18.4 Å². The van der Waals surface area contributed by atoms with Gasteiger partial charge in [-0.2, -0.15) is 5.10 Å². The summed E-state index contributed by atoms with van der Waals surface area (Å²) in [5.41, 5.74) is 4.33. The standard InChI is InChI=1S/C23H24N2O3/c1-16-5-9-20(10-6-16)28-15-19-13-18(8-12-23(19)27-4)7-11-22(26)21-14-25(3)24-17(21)2/h5-14H,15H2,1-4H3/b11-7+. The van der Waals surface area contributed by atoms with E-state index in [2.05, 4.69) is 5.10 Å². The summed E-state index contributed by atoms with van der Waals surface area (Å²) < 4.78 is 13.0. The third-order valence-electron chi connectivity index (χ3n) is 4.43. The SMILES string of the molecule is COc1ccc(/C=C/C(=O)c2cn(C)nc2C)cc1COc1ccc(C)cc1. The van der Waals surface area contributed by atoms with E-state index in [4.69, 9.17) is 9.47 Å². The molecule has 0 bridgehead atoms. The summed E-state index contributed by atoms with van der Waals surface area (Å²) in [6, 6.07) is 13.7. The van der Waals surface area contributed by atoms with Crippen LogP contribution in [0.1, 0.15) is 32.7 Å². The highest BCUT2D eigenvalue weighted by molar-refractivity contribution is 6.07. The average Bonchev–Trinajstić information content (AvgIpc) is 3.04. The molecule has 0 saturated heterocycles. The minimum absolute atomic E-state index is 0.0705. The number of hydrogen-bond acceptors (Lipinski definition) is 4. The van der Waals surface area contributed by atoms with Crippen molar-refractivity contribution in [1.82, 2.24) is 9.78 Å². The van der Waals surface area contributed by atoms with E-state index in [0.29, 0.717) is 12.2 Å². The van der Waals surface area contributed by atoms with Crippen LogP contribution in [0.15, 0.2) is 54.7 Å². The fourth-order valence-electron chi connectivity index (χ4n) is 2.91. The molecule has 3 rings (SSSR count). The van der Waals surface area contributed by atoms with E-state index < -0.39 is 0 Å². The zero-order valence-electron chi connectivity index (χ0n) is 16.6. The van der Waals surface area contributed by atoms with Crippen LogP contribution in [0.5, 0.6) is 11.5 Å². The Morgan fingerprint density at radius 3 is 2.54 bits per heavy atom. The number of rotatable bonds is 7. The summed E-state index contributed by atoms with van der Waals surface area (Å²) in [5.74, 6) is 1.48. The predicted molar refractivity (Wildman–Crippen MR) is 110 cm³/mol. The zero-order valence-corrected chi connectivity index (χ0v) is 16.6. The first kappa shape index (κ1) is 19.4. The first-order chi connectivity index (χ1) is 13.5. The van der Waals surface area contributed by atoms with Gasteiger partial charge in [0.25, 0.3) is 0 Å². The molecule has 3 aromatic rings. The van der Waals surface area contributed by atoms with Crippen LogP contribution in [0.2, 0.25) is 0 Å². The van der Waals surface area contributed by atoms with Crippen LogP contribution in [0.25, 0.3) is 6.08 Å². The van der Waals surface area contributed by atoms with E-state index in [0.717, 1.165) is 28.3 Å². The highest BCUT2D eigenvalue weighted by Crippen LogP contribution is 2.23. The summed E-state index contributed by atoms with van der Waals surface area (Å²) in [7, 11) is 3.44. The normalized spacial score (nSPS) is 11.0. The number of methoxy groups -OCH3 is 1. The summed E-state index contributed by atoms with van der Waals surface area (Å²) in [6.45, 7) is 4.25. The molecule has 0 N–H and O–H groups in total. The molecule has 5 heteroatoms. The second-order valence-electron chi connectivity index (χ2n) is 6.67. The Bertz CT molecular complexity index is 1000. The number of ketones is 1. The molecule has 0 unspecified atom stereocenters. The molecule has 0 aliphatic heterocycles. The van der Waals surface area contributed by atoms with Crippen molar-refractivity contribution in [3.63, 3.8) is 0 Å². The Balaban J connectivity index is 1.75. The third kappa shape index (κ3) is 4.68. The van der Waals surface area contributed by atoms with Crippen LogP contribution in [-0.4, -0.2) is 22.7 Å². The minimum Gasteiger partial charge on any atom is -0.496 e. The van der Waals surface area contributed by atoms with E-state index in [1.165, 1.54) is 5.56 Å². The number of nitrogens with zero attached hydrogens (tertiary/aromatic N) is 2. The molecule has 2 aromatic carbocycles. The van der Waals surface area contributed by atoms with E-state index >= 15 is 0 Å². The van der Waals surface area contributed by atoms with Gasteiger partial charge in [-0.15, -0.1) is 0 Å². The maximum absolute atomic E-state index is 12.4. The molecule has 0 spiro atoms. The monoisotopic (exact) mass is 376 g/mol. The fourth-order valence-corrected chi connectivity index (χ4v) is 2.91. The maximum Gasteiger partial charge on any atom is 0.189 e. The van der Waals surface area contributed by atoms with Gasteiger partial charge in [0.2, 0.25) is 0 Å². The van der Waals surface area contributed by atoms with Gasteiger partial charge in [-0.3, -0.25) is 9.48 Å². The largest absolute Gasteiger partial charge is 0.496 e. The van der Waals surface area contributed by atoms with Crippen molar-refractivity contribution < 1.29 is 14.3 Å². The molecule has 144 valence electrons. The second-order valence-corrected chi connectivity index (χ2v) is 6.67. The molecule has 1 aromatic heterocycles. The predicted octanol–water partition coefficient (Wildman–Crippen LogP) is 4.52. The van der Waals surface area contributed by atoms with Gasteiger partial charge < -0.3 is 9.47 Å². The Hall–Kier alpha value is -3.34. The van der Waals surface area contributed by atoms with E-state index in [1.54, 1.807) is 37.2 Å². The number of benzene rings is 2. The number of aromatic nitrogens is 2. The van der Waals surface area contributed by atoms with Gasteiger partial charge in [0, 0.05) is 18.8 Å². The Kier molecular flexibility index (Phi) is 5.94. The lowest BCUT2D eigenvalue weighted by Gasteiger charge is -2.11. The van der Waals surface area contributed by atoms with Gasteiger partial charge >= 0.3 is 0 Å². The highest BCUT2D eigenvalue weighted by atomic mass is 16.5. The number of allylic oxidation sites excluding steroid dienone is 1. The summed E-state index contributed by atoms with van der Waals surface area (Å²) >= 11 is 0. The topological polar surface area (TPSA) is 53.4 Å². The van der Waals surface area contributed by atoms with Crippen molar-refractivity contribution in [1.29, 1.82) is 0 Å². The quantitative estimate of drug-likeness (QED) is 0.449. The maximum atomic E-state index is 12.4. The smallest absolute Gasteiger partial charge is 0.189 e. The lowest BCUT2D eigenvalue weighted by atomic mass is 10.1. The molecule has 0 aliphatic carbocycles. The van der Waals surface area contributed by atoms with Crippen molar-refractivity contribution in [2.45, 2.75) is 20.5 Å². The first-order valence-electron chi connectivity index (χ1n) is 9.05. The molecule has 28 heavy (non-hydrogen) atoms. The lowest BCUT2D eigenvalue weighted by molar-refractivity contribution is 0.104. The van der Waals surface area contributed by atoms with Gasteiger partial charge in [-0.25, -0.2) is 0 Å². The minimum atomic E-state index is -0.0705. The van der Waals surface area contributed by atoms with Crippen molar-refractivity contribution in [2.24, 2.45) is 7.05 Å². The van der Waals surface area contributed by atoms with E-state index in [1.807, 2.05) is 56.3 Å². The molecule has 1 heterocycles. The third-order valence-corrected chi connectivity index (χ3v) is 4.43. The van der Waals surface area contributed by atoms with Crippen LogP contribution < -0.4 is 9.47 Å². The first-order valence-corrected chi connectivity index (χ1v) is 9.05. The van der Waals surface area contributed by atoms with Crippen molar-refractivity contribution >= 4 is 11.9 Å². The average molecular weight is 376 g/mol. The molecular formula is C23H24N2O3. The highest BCUT2D eigenvalue weighted by Gasteiger charge is 2.10. The lowest BCUT2D eigenvalue weighted by Crippen LogP contribution is -1.99. The fraction of sp³-hybridized carbons (Fsp3) is 0.217. The molecule has 0 fully saturated rings. The number of aryl methyl sites for hydroxylation is 3. The molecule has 0 aliphatic rings. The van der Waals surface area contributed by atoms with Crippen LogP contribution in [0.4, 0.5) is 0 Å². The van der Waals surface area contributed by atoms with Gasteiger partial charge in [-0.05, 0) is 49.8 Å². The summed E-state index contributed by atoms with van der Waals surface area (Å²) in [5, 5.41) is 4.21. The Morgan fingerprint density at radius 1 is 1.14 bits per heavy atom. The Labute approximate surface area is 165 Å². The molecule has 0 radical (unpaired) electrons. The van der Waals surface area contributed by atoms with Gasteiger partial charge in [-0.1, -0.05) is 29.8 Å². The Morgan fingerprint density at radius 2 is 1.89 bits per heavy atom. The van der Waals surface area contributed by atoms with Crippen molar-refractivity contribution in [3.05, 3.63) is 82.7 Å². The molecule has 5 nitrogen and oxygen atoms in total. The van der Waals surface area contributed by atoms with Crippen molar-refractivity contribution in [2.75, 3.05) is 7.11 Å². The number of ether oxygens (including phenoxy) is 2. The van der Waals surface area contributed by atoms with E-state index in [9.17, 15) is 4.79 Å². The van der Waals surface area contributed by atoms with Gasteiger partial charge in [0.1, 0.15) is 18.1 Å². The van der Waals surface area contributed by atoms with Crippen LogP contribution in [-0.2, 0) is 13.7 Å². The zero-order chi connectivity index (χ0) is 20.1. The summed E-state index contributed by atoms with van der Waals surface area (Å²) in [4.78, 5) is 12.4. The van der Waals surface area contributed by atoms with Crippen LogP contribution in [0.3, 0.4) is 0 Å². The molecule has 0 saturated carbocycles. The van der Waals surface area contributed by atoms with Crippen molar-refractivity contribution in [3.8, 4) is 11.5 Å². The van der Waals surface area contributed by atoms with Gasteiger partial charge in [0.15, 0.2) is 5.78 Å². The number of carbonyl (C=O) groups excluding carboxylic acids is 1. The second kappa shape index (κ2) is 8.57. The molecular weight excluding hydrogens is 352 g/mol. The molecule has 0 atom stereocenters. The number of hydrogen-bond donors (Lipinski definition) is 0. The van der Waals surface area contributed by atoms with Crippen LogP contribution in [0, 0.1) is 13.8 Å².